The zero-order valence-corrected chi connectivity index (χ0v) is 14.2. The minimum absolute atomic E-state index is 0.645. The highest BCUT2D eigenvalue weighted by atomic mass is 79.9. The molecular weight excluding hydrogens is 356 g/mol. The quantitative estimate of drug-likeness (QED) is 0.712. The summed E-state index contributed by atoms with van der Waals surface area (Å²) in [6, 6.07) is 4.19. The number of aromatic nitrogens is 2. The molecule has 0 radical (unpaired) electrons. The number of nitrogens with one attached hydrogen (secondary N) is 2. The van der Waals surface area contributed by atoms with Crippen LogP contribution in [0.3, 0.4) is 0 Å². The number of anilines is 2. The lowest BCUT2D eigenvalue weighted by molar-refractivity contribution is 1.12. The summed E-state index contributed by atoms with van der Waals surface area (Å²) < 4.78 is 1.13. The van der Waals surface area contributed by atoms with Crippen LogP contribution in [0, 0.1) is 6.92 Å². The maximum Gasteiger partial charge on any atom is 0.225 e. The van der Waals surface area contributed by atoms with Crippen LogP contribution in [0.25, 0.3) is 10.2 Å². The number of thiophene rings is 2. The van der Waals surface area contributed by atoms with Crippen molar-refractivity contribution in [1.29, 1.82) is 0 Å². The molecule has 0 fully saturated rings. The number of rotatable bonds is 4. The summed E-state index contributed by atoms with van der Waals surface area (Å²) in [5.74, 6) is 1.52. The topological polar surface area (TPSA) is 49.8 Å². The Morgan fingerprint density at radius 3 is 2.90 bits per heavy atom. The number of fused-ring (bicyclic) bond motifs is 1. The molecule has 0 aromatic carbocycles. The summed E-state index contributed by atoms with van der Waals surface area (Å²) in [7, 11) is 1.83. The third-order valence-electron chi connectivity index (χ3n) is 2.85. The minimum atomic E-state index is 0.645. The van der Waals surface area contributed by atoms with Crippen molar-refractivity contribution < 1.29 is 0 Å². The van der Waals surface area contributed by atoms with Crippen LogP contribution in [0.2, 0.25) is 0 Å². The molecule has 0 aliphatic carbocycles. The average Bonchev–Trinajstić information content (AvgIpc) is 3.00. The van der Waals surface area contributed by atoms with Gasteiger partial charge in [-0.05, 0) is 40.4 Å². The van der Waals surface area contributed by atoms with Crippen molar-refractivity contribution in [1.82, 2.24) is 9.97 Å². The third-order valence-corrected chi connectivity index (χ3v) is 5.72. The van der Waals surface area contributed by atoms with Crippen LogP contribution in [0.4, 0.5) is 11.8 Å². The van der Waals surface area contributed by atoms with E-state index < -0.39 is 0 Å². The first-order chi connectivity index (χ1) is 9.67. The van der Waals surface area contributed by atoms with Crippen LogP contribution in [0.15, 0.2) is 22.0 Å². The largest absolute Gasteiger partial charge is 0.364 e. The first-order valence-electron chi connectivity index (χ1n) is 6.09. The van der Waals surface area contributed by atoms with Crippen molar-refractivity contribution in [3.8, 4) is 0 Å². The SMILES string of the molecule is CNc1nc(NCc2sccc2Br)c2cc(C)sc2n1. The first kappa shape index (κ1) is 13.8. The number of nitrogens with zero attached hydrogens (tertiary/aromatic N) is 2. The Morgan fingerprint density at radius 1 is 1.35 bits per heavy atom. The summed E-state index contributed by atoms with van der Waals surface area (Å²) >= 11 is 6.96. The van der Waals surface area contributed by atoms with Gasteiger partial charge < -0.3 is 10.6 Å². The number of aryl methyl sites for hydroxylation is 1. The highest BCUT2D eigenvalue weighted by Gasteiger charge is 2.10. The Morgan fingerprint density at radius 2 is 2.20 bits per heavy atom. The van der Waals surface area contributed by atoms with E-state index in [2.05, 4.69) is 61.0 Å². The molecule has 3 aromatic rings. The second-order valence-corrected chi connectivity index (χ2v) is 7.36. The second kappa shape index (κ2) is 5.67. The third kappa shape index (κ3) is 2.65. The predicted octanol–water partition coefficient (Wildman–Crippen LogP) is 4.48. The van der Waals surface area contributed by atoms with Gasteiger partial charge in [0.05, 0.1) is 11.9 Å². The monoisotopic (exact) mass is 368 g/mol. The minimum Gasteiger partial charge on any atom is -0.364 e. The normalized spacial score (nSPS) is 10.9. The molecule has 0 atom stereocenters. The first-order valence-corrected chi connectivity index (χ1v) is 8.58. The van der Waals surface area contributed by atoms with Gasteiger partial charge in [0.25, 0.3) is 0 Å². The highest BCUT2D eigenvalue weighted by molar-refractivity contribution is 9.10. The van der Waals surface area contributed by atoms with Crippen molar-refractivity contribution in [3.63, 3.8) is 0 Å². The van der Waals surface area contributed by atoms with E-state index in [9.17, 15) is 0 Å². The van der Waals surface area contributed by atoms with E-state index >= 15 is 0 Å². The molecule has 4 nitrogen and oxygen atoms in total. The number of hydrogen-bond donors (Lipinski definition) is 2. The molecule has 2 N–H and O–H groups in total. The lowest BCUT2D eigenvalue weighted by atomic mass is 10.3. The molecular formula is C13H13BrN4S2. The van der Waals surface area contributed by atoms with Gasteiger partial charge >= 0.3 is 0 Å². The van der Waals surface area contributed by atoms with E-state index in [1.165, 1.54) is 9.75 Å². The van der Waals surface area contributed by atoms with Gasteiger partial charge in [0.1, 0.15) is 10.6 Å². The van der Waals surface area contributed by atoms with Gasteiger partial charge in [-0.15, -0.1) is 22.7 Å². The predicted molar refractivity (Wildman–Crippen MR) is 91.0 cm³/mol. The van der Waals surface area contributed by atoms with E-state index in [1.807, 2.05) is 7.05 Å². The molecule has 0 bridgehead atoms. The van der Waals surface area contributed by atoms with Gasteiger partial charge in [0.2, 0.25) is 5.95 Å². The van der Waals surface area contributed by atoms with Gasteiger partial charge in [-0.25, -0.2) is 4.98 Å². The molecule has 0 aliphatic heterocycles. The van der Waals surface area contributed by atoms with Gasteiger partial charge in [-0.1, -0.05) is 0 Å². The smallest absolute Gasteiger partial charge is 0.225 e. The Kier molecular flexibility index (Phi) is 3.91. The van der Waals surface area contributed by atoms with E-state index in [4.69, 9.17) is 0 Å². The molecule has 0 amide bonds. The van der Waals surface area contributed by atoms with E-state index in [1.54, 1.807) is 22.7 Å². The molecule has 3 heterocycles. The fourth-order valence-corrected chi connectivity index (χ4v) is 4.22. The summed E-state index contributed by atoms with van der Waals surface area (Å²) in [6.45, 7) is 2.84. The van der Waals surface area contributed by atoms with Gasteiger partial charge in [-0.3, -0.25) is 0 Å². The van der Waals surface area contributed by atoms with Crippen molar-refractivity contribution in [2.45, 2.75) is 13.5 Å². The zero-order chi connectivity index (χ0) is 14.1. The molecule has 104 valence electrons. The van der Waals surface area contributed by atoms with E-state index in [0.717, 1.165) is 27.1 Å². The molecule has 0 aliphatic rings. The Hall–Kier alpha value is -1.18. The fourth-order valence-electron chi connectivity index (χ4n) is 1.90. The molecule has 20 heavy (non-hydrogen) atoms. The lowest BCUT2D eigenvalue weighted by Gasteiger charge is -2.08. The zero-order valence-electron chi connectivity index (χ0n) is 11.0. The van der Waals surface area contributed by atoms with Crippen LogP contribution in [-0.4, -0.2) is 17.0 Å². The number of halogens is 1. The van der Waals surface area contributed by atoms with Gasteiger partial charge in [0.15, 0.2) is 0 Å². The molecule has 3 aromatic heterocycles. The molecule has 0 saturated heterocycles. The van der Waals surface area contributed by atoms with Crippen LogP contribution >= 0.6 is 38.6 Å². The maximum absolute atomic E-state index is 4.52. The summed E-state index contributed by atoms with van der Waals surface area (Å²) in [5.41, 5.74) is 0. The Labute approximate surface area is 133 Å². The van der Waals surface area contributed by atoms with Gasteiger partial charge in [-0.2, -0.15) is 4.98 Å². The fraction of sp³-hybridized carbons (Fsp3) is 0.231. The van der Waals surface area contributed by atoms with Crippen molar-refractivity contribution in [2.24, 2.45) is 0 Å². The average molecular weight is 369 g/mol. The van der Waals surface area contributed by atoms with E-state index in [0.29, 0.717) is 5.95 Å². The molecule has 7 heteroatoms. The highest BCUT2D eigenvalue weighted by Crippen LogP contribution is 2.30. The molecule has 0 saturated carbocycles. The maximum atomic E-state index is 4.52. The van der Waals surface area contributed by atoms with Gasteiger partial charge in [0, 0.05) is 21.3 Å². The molecule has 3 rings (SSSR count). The lowest BCUT2D eigenvalue weighted by Crippen LogP contribution is -2.04. The van der Waals surface area contributed by atoms with E-state index in [-0.39, 0.29) is 0 Å². The van der Waals surface area contributed by atoms with Crippen molar-refractivity contribution in [2.75, 3.05) is 17.7 Å². The van der Waals surface area contributed by atoms with Crippen molar-refractivity contribution in [3.05, 3.63) is 31.7 Å². The van der Waals surface area contributed by atoms with Crippen molar-refractivity contribution >= 4 is 60.6 Å². The van der Waals surface area contributed by atoms with Crippen LogP contribution in [0.5, 0.6) is 0 Å². The molecule has 0 spiro atoms. The summed E-state index contributed by atoms with van der Waals surface area (Å²) in [6.07, 6.45) is 0. The second-order valence-electron chi connectivity index (χ2n) is 4.27. The summed E-state index contributed by atoms with van der Waals surface area (Å²) in [5, 5.41) is 9.58. The van der Waals surface area contributed by atoms with Crippen LogP contribution in [0.1, 0.15) is 9.75 Å². The molecule has 0 unspecified atom stereocenters. The standard InChI is InChI=1S/C13H13BrN4S2/c1-7-5-8-11(16-6-10-9(14)3-4-19-10)17-13(15-2)18-12(8)20-7/h3-5H,6H2,1-2H3,(H2,15,16,17,18). The van der Waals surface area contributed by atoms with Crippen LogP contribution < -0.4 is 10.6 Å². The Balaban J connectivity index is 1.95. The number of hydrogen-bond acceptors (Lipinski definition) is 6. The summed E-state index contributed by atoms with van der Waals surface area (Å²) in [4.78, 5) is 12.5. The Bertz CT molecular complexity index is 750. The van der Waals surface area contributed by atoms with Crippen LogP contribution in [-0.2, 0) is 6.54 Å².